The fraction of sp³-hybridized carbons (Fsp3) is 0.267. The smallest absolute Gasteiger partial charge is 0.161 e. The molecule has 1 aromatic carbocycles. The van der Waals surface area contributed by atoms with Gasteiger partial charge >= 0.3 is 0 Å². The summed E-state index contributed by atoms with van der Waals surface area (Å²) in [5.74, 6) is 1.55. The van der Waals surface area contributed by atoms with E-state index in [0.717, 1.165) is 28.2 Å². The summed E-state index contributed by atoms with van der Waals surface area (Å²) < 4.78 is 11.1. The van der Waals surface area contributed by atoms with Crippen LogP contribution in [0.3, 0.4) is 0 Å². The van der Waals surface area contributed by atoms with Crippen LogP contribution in [-0.2, 0) is 0 Å². The van der Waals surface area contributed by atoms with Crippen molar-refractivity contribution in [3.63, 3.8) is 0 Å². The molecule has 0 saturated heterocycles. The van der Waals surface area contributed by atoms with Gasteiger partial charge in [0.25, 0.3) is 0 Å². The van der Waals surface area contributed by atoms with Gasteiger partial charge in [-0.15, -0.1) is 0 Å². The van der Waals surface area contributed by atoms with Gasteiger partial charge in [-0.2, -0.15) is 0 Å². The van der Waals surface area contributed by atoms with Gasteiger partial charge in [0.05, 0.1) is 6.04 Å². The zero-order valence-corrected chi connectivity index (χ0v) is 10.8. The van der Waals surface area contributed by atoms with E-state index in [2.05, 4.69) is 4.98 Å². The molecule has 2 heterocycles. The van der Waals surface area contributed by atoms with Crippen molar-refractivity contribution in [1.82, 2.24) is 4.98 Å². The van der Waals surface area contributed by atoms with E-state index >= 15 is 0 Å². The lowest BCUT2D eigenvalue weighted by molar-refractivity contribution is 0.171. The van der Waals surface area contributed by atoms with Gasteiger partial charge in [-0.05, 0) is 41.8 Å². The van der Waals surface area contributed by atoms with E-state index in [-0.39, 0.29) is 6.04 Å². The van der Waals surface area contributed by atoms with Crippen LogP contribution < -0.4 is 15.2 Å². The van der Waals surface area contributed by atoms with E-state index in [1.165, 1.54) is 0 Å². The highest BCUT2D eigenvalue weighted by atomic mass is 16.6. The number of benzene rings is 1. The predicted molar refractivity (Wildman–Crippen MR) is 72.4 cm³/mol. The summed E-state index contributed by atoms with van der Waals surface area (Å²) in [5.41, 5.74) is 9.48. The van der Waals surface area contributed by atoms with Crippen LogP contribution in [0.5, 0.6) is 11.5 Å². The minimum atomic E-state index is -0.204. The Balaban J connectivity index is 1.96. The molecule has 0 fully saturated rings. The number of pyridine rings is 1. The molecule has 1 aliphatic rings. The van der Waals surface area contributed by atoms with E-state index in [1.807, 2.05) is 37.4 Å². The molecular weight excluding hydrogens is 240 g/mol. The van der Waals surface area contributed by atoms with Crippen molar-refractivity contribution >= 4 is 0 Å². The molecule has 0 saturated carbocycles. The van der Waals surface area contributed by atoms with Crippen molar-refractivity contribution in [2.75, 3.05) is 13.2 Å². The Morgan fingerprint density at radius 3 is 2.74 bits per heavy atom. The van der Waals surface area contributed by atoms with E-state index < -0.39 is 0 Å². The summed E-state index contributed by atoms with van der Waals surface area (Å²) in [5, 5.41) is 0. The molecule has 0 bridgehead atoms. The van der Waals surface area contributed by atoms with E-state index in [4.69, 9.17) is 15.2 Å². The Morgan fingerprint density at radius 1 is 1.16 bits per heavy atom. The van der Waals surface area contributed by atoms with E-state index in [0.29, 0.717) is 13.2 Å². The topological polar surface area (TPSA) is 57.4 Å². The third-order valence-electron chi connectivity index (χ3n) is 3.34. The van der Waals surface area contributed by atoms with Crippen molar-refractivity contribution in [2.45, 2.75) is 13.0 Å². The van der Waals surface area contributed by atoms with Crippen LogP contribution in [0.1, 0.15) is 22.7 Å². The van der Waals surface area contributed by atoms with Gasteiger partial charge in [0, 0.05) is 12.4 Å². The van der Waals surface area contributed by atoms with Crippen LogP contribution in [0.4, 0.5) is 0 Å². The number of aromatic nitrogens is 1. The number of nitrogens with zero attached hydrogens (tertiary/aromatic N) is 1. The van der Waals surface area contributed by atoms with Crippen molar-refractivity contribution in [2.24, 2.45) is 5.73 Å². The minimum Gasteiger partial charge on any atom is -0.486 e. The number of rotatable bonds is 2. The lowest BCUT2D eigenvalue weighted by Gasteiger charge is -2.21. The average molecular weight is 256 g/mol. The summed E-state index contributed by atoms with van der Waals surface area (Å²) in [7, 11) is 0. The summed E-state index contributed by atoms with van der Waals surface area (Å²) in [4.78, 5) is 4.14. The largest absolute Gasteiger partial charge is 0.486 e. The fourth-order valence-electron chi connectivity index (χ4n) is 2.23. The van der Waals surface area contributed by atoms with Crippen LogP contribution in [0.25, 0.3) is 0 Å². The zero-order valence-electron chi connectivity index (χ0n) is 10.8. The number of hydrogen-bond acceptors (Lipinski definition) is 4. The predicted octanol–water partition coefficient (Wildman–Crippen LogP) is 2.21. The highest BCUT2D eigenvalue weighted by Crippen LogP contribution is 2.33. The zero-order chi connectivity index (χ0) is 13.2. The molecule has 1 aromatic heterocycles. The van der Waals surface area contributed by atoms with Crippen molar-refractivity contribution in [1.29, 1.82) is 0 Å². The molecule has 0 radical (unpaired) electrons. The first-order chi connectivity index (χ1) is 9.25. The highest BCUT2D eigenvalue weighted by molar-refractivity contribution is 5.46. The van der Waals surface area contributed by atoms with Gasteiger partial charge in [-0.3, -0.25) is 4.98 Å². The van der Waals surface area contributed by atoms with Crippen LogP contribution in [0, 0.1) is 6.92 Å². The fourth-order valence-corrected chi connectivity index (χ4v) is 2.23. The molecule has 0 amide bonds. The molecule has 4 nitrogen and oxygen atoms in total. The maximum atomic E-state index is 6.31. The molecule has 2 aromatic rings. The number of hydrogen-bond donors (Lipinski definition) is 1. The first-order valence-electron chi connectivity index (χ1n) is 6.31. The van der Waals surface area contributed by atoms with E-state index in [9.17, 15) is 0 Å². The summed E-state index contributed by atoms with van der Waals surface area (Å²) in [6.07, 6.45) is 3.59. The maximum absolute atomic E-state index is 6.31. The quantitative estimate of drug-likeness (QED) is 0.895. The molecule has 2 N–H and O–H groups in total. The Labute approximate surface area is 112 Å². The average Bonchev–Trinajstić information content (AvgIpc) is 2.46. The molecule has 3 rings (SSSR count). The SMILES string of the molecule is Cc1ccncc1C(N)c1ccc2c(c1)OCCO2. The second-order valence-corrected chi connectivity index (χ2v) is 4.61. The third-order valence-corrected chi connectivity index (χ3v) is 3.34. The second kappa shape index (κ2) is 4.90. The second-order valence-electron chi connectivity index (χ2n) is 4.61. The van der Waals surface area contributed by atoms with Crippen LogP contribution in [-0.4, -0.2) is 18.2 Å². The molecule has 19 heavy (non-hydrogen) atoms. The Hall–Kier alpha value is -2.07. The van der Waals surface area contributed by atoms with Gasteiger partial charge in [0.1, 0.15) is 13.2 Å². The number of aryl methyl sites for hydroxylation is 1. The number of fused-ring (bicyclic) bond motifs is 1. The van der Waals surface area contributed by atoms with Crippen molar-refractivity contribution in [3.05, 3.63) is 53.3 Å². The molecule has 1 aliphatic heterocycles. The van der Waals surface area contributed by atoms with Gasteiger partial charge < -0.3 is 15.2 Å². The van der Waals surface area contributed by atoms with Gasteiger partial charge in [0.2, 0.25) is 0 Å². The standard InChI is InChI=1S/C15H16N2O2/c1-10-4-5-17-9-12(10)15(16)11-2-3-13-14(8-11)19-7-6-18-13/h2-5,8-9,15H,6-7,16H2,1H3. The van der Waals surface area contributed by atoms with E-state index in [1.54, 1.807) is 6.20 Å². The summed E-state index contributed by atoms with van der Waals surface area (Å²) in [6.45, 7) is 3.21. The third kappa shape index (κ3) is 2.27. The summed E-state index contributed by atoms with van der Waals surface area (Å²) in [6, 6.07) is 7.60. The van der Waals surface area contributed by atoms with Crippen molar-refractivity contribution in [3.8, 4) is 11.5 Å². The molecule has 1 atom stereocenters. The first kappa shape index (κ1) is 12.0. The Morgan fingerprint density at radius 2 is 1.95 bits per heavy atom. The Kier molecular flexibility index (Phi) is 3.09. The number of nitrogens with two attached hydrogens (primary N) is 1. The van der Waals surface area contributed by atoms with Gasteiger partial charge in [-0.1, -0.05) is 6.07 Å². The lowest BCUT2D eigenvalue weighted by atomic mass is 9.97. The maximum Gasteiger partial charge on any atom is 0.161 e. The van der Waals surface area contributed by atoms with Crippen LogP contribution in [0.2, 0.25) is 0 Å². The highest BCUT2D eigenvalue weighted by Gasteiger charge is 2.16. The van der Waals surface area contributed by atoms with Crippen LogP contribution >= 0.6 is 0 Å². The Bertz CT molecular complexity index is 598. The van der Waals surface area contributed by atoms with Gasteiger partial charge in [0.15, 0.2) is 11.5 Å². The van der Waals surface area contributed by atoms with Gasteiger partial charge in [-0.25, -0.2) is 0 Å². The minimum absolute atomic E-state index is 0.204. The molecule has 0 spiro atoms. The first-order valence-corrected chi connectivity index (χ1v) is 6.31. The van der Waals surface area contributed by atoms with Crippen LogP contribution in [0.15, 0.2) is 36.7 Å². The van der Waals surface area contributed by atoms with Crippen molar-refractivity contribution < 1.29 is 9.47 Å². The monoisotopic (exact) mass is 256 g/mol. The normalized spacial score (nSPS) is 15.1. The number of ether oxygens (including phenoxy) is 2. The molecular formula is C15H16N2O2. The molecule has 1 unspecified atom stereocenters. The molecule has 4 heteroatoms. The lowest BCUT2D eigenvalue weighted by Crippen LogP contribution is -2.17. The molecule has 98 valence electrons. The molecule has 0 aliphatic carbocycles. The summed E-state index contributed by atoms with van der Waals surface area (Å²) >= 11 is 0.